The SMILES string of the molecule is O=Cc1cccc(N2CC(c3ccccc3)C2)c1. The van der Waals surface area contributed by atoms with Crippen LogP contribution in [0.15, 0.2) is 54.6 Å². The first-order valence-corrected chi connectivity index (χ1v) is 6.22. The number of hydrogen-bond donors (Lipinski definition) is 0. The molecular formula is C16H15NO. The highest BCUT2D eigenvalue weighted by atomic mass is 16.1. The number of hydrogen-bond acceptors (Lipinski definition) is 2. The molecule has 0 aliphatic carbocycles. The van der Waals surface area contributed by atoms with Crippen molar-refractivity contribution in [2.24, 2.45) is 0 Å². The van der Waals surface area contributed by atoms with E-state index in [9.17, 15) is 4.79 Å². The van der Waals surface area contributed by atoms with Crippen molar-refractivity contribution < 1.29 is 4.79 Å². The molecule has 0 radical (unpaired) electrons. The van der Waals surface area contributed by atoms with E-state index < -0.39 is 0 Å². The quantitative estimate of drug-likeness (QED) is 0.764. The summed E-state index contributed by atoms with van der Waals surface area (Å²) < 4.78 is 0. The molecule has 2 aromatic carbocycles. The molecule has 90 valence electrons. The molecule has 0 bridgehead atoms. The minimum absolute atomic E-state index is 0.617. The van der Waals surface area contributed by atoms with Gasteiger partial charge in [0.05, 0.1) is 0 Å². The zero-order valence-electron chi connectivity index (χ0n) is 10.1. The van der Waals surface area contributed by atoms with E-state index in [-0.39, 0.29) is 0 Å². The Hall–Kier alpha value is -2.09. The van der Waals surface area contributed by atoms with E-state index in [4.69, 9.17) is 0 Å². The molecule has 1 fully saturated rings. The Morgan fingerprint density at radius 1 is 1.00 bits per heavy atom. The molecule has 1 aliphatic rings. The Labute approximate surface area is 107 Å². The van der Waals surface area contributed by atoms with Crippen LogP contribution in [0.25, 0.3) is 0 Å². The highest BCUT2D eigenvalue weighted by Gasteiger charge is 2.27. The minimum atomic E-state index is 0.617. The van der Waals surface area contributed by atoms with Gasteiger partial charge in [-0.05, 0) is 17.7 Å². The zero-order valence-corrected chi connectivity index (χ0v) is 10.1. The normalized spacial score (nSPS) is 15.2. The van der Waals surface area contributed by atoms with Crippen LogP contribution in [0, 0.1) is 0 Å². The number of carbonyl (C=O) groups excluding carboxylic acids is 1. The average Bonchev–Trinajstić information content (AvgIpc) is 2.39. The van der Waals surface area contributed by atoms with Gasteiger partial charge in [0.25, 0.3) is 0 Å². The van der Waals surface area contributed by atoms with Gasteiger partial charge in [0.15, 0.2) is 0 Å². The van der Waals surface area contributed by atoms with E-state index in [0.717, 1.165) is 30.6 Å². The van der Waals surface area contributed by atoms with E-state index >= 15 is 0 Å². The second-order valence-corrected chi connectivity index (χ2v) is 4.73. The summed E-state index contributed by atoms with van der Waals surface area (Å²) in [4.78, 5) is 13.1. The van der Waals surface area contributed by atoms with Gasteiger partial charge in [-0.25, -0.2) is 0 Å². The second-order valence-electron chi connectivity index (χ2n) is 4.73. The van der Waals surface area contributed by atoms with Crippen LogP contribution in [0.2, 0.25) is 0 Å². The molecule has 2 nitrogen and oxygen atoms in total. The minimum Gasteiger partial charge on any atom is -0.370 e. The lowest BCUT2D eigenvalue weighted by atomic mass is 9.91. The molecule has 1 heterocycles. The smallest absolute Gasteiger partial charge is 0.150 e. The van der Waals surface area contributed by atoms with Gasteiger partial charge in [-0.3, -0.25) is 4.79 Å². The Bertz CT molecular complexity index is 544. The Morgan fingerprint density at radius 3 is 2.50 bits per heavy atom. The first-order valence-electron chi connectivity index (χ1n) is 6.22. The van der Waals surface area contributed by atoms with E-state index in [0.29, 0.717) is 5.92 Å². The summed E-state index contributed by atoms with van der Waals surface area (Å²) in [6, 6.07) is 18.4. The third kappa shape index (κ3) is 2.02. The summed E-state index contributed by atoms with van der Waals surface area (Å²) in [5, 5.41) is 0. The topological polar surface area (TPSA) is 20.3 Å². The van der Waals surface area contributed by atoms with Crippen molar-refractivity contribution in [1.82, 2.24) is 0 Å². The lowest BCUT2D eigenvalue weighted by Gasteiger charge is -2.41. The predicted molar refractivity (Wildman–Crippen MR) is 73.2 cm³/mol. The van der Waals surface area contributed by atoms with Gasteiger partial charge in [0.2, 0.25) is 0 Å². The van der Waals surface area contributed by atoms with Crippen molar-refractivity contribution in [3.05, 3.63) is 65.7 Å². The van der Waals surface area contributed by atoms with E-state index in [2.05, 4.69) is 35.2 Å². The maximum absolute atomic E-state index is 10.8. The Morgan fingerprint density at radius 2 is 1.78 bits per heavy atom. The molecule has 0 atom stereocenters. The summed E-state index contributed by atoms with van der Waals surface area (Å²) in [6.45, 7) is 2.07. The molecule has 1 saturated heterocycles. The second kappa shape index (κ2) is 4.65. The summed E-state index contributed by atoms with van der Waals surface area (Å²) in [7, 11) is 0. The van der Waals surface area contributed by atoms with Crippen LogP contribution in [-0.2, 0) is 0 Å². The number of benzene rings is 2. The zero-order chi connectivity index (χ0) is 12.4. The average molecular weight is 237 g/mol. The van der Waals surface area contributed by atoms with E-state index in [1.807, 2.05) is 24.3 Å². The summed E-state index contributed by atoms with van der Waals surface area (Å²) in [5.41, 5.74) is 3.29. The molecule has 2 aromatic rings. The summed E-state index contributed by atoms with van der Waals surface area (Å²) in [6.07, 6.45) is 0.901. The van der Waals surface area contributed by atoms with E-state index in [1.165, 1.54) is 5.56 Å². The fourth-order valence-corrected chi connectivity index (χ4v) is 2.42. The van der Waals surface area contributed by atoms with Crippen molar-refractivity contribution in [2.45, 2.75) is 5.92 Å². The molecule has 0 unspecified atom stereocenters. The van der Waals surface area contributed by atoms with Crippen molar-refractivity contribution in [2.75, 3.05) is 18.0 Å². The third-order valence-electron chi connectivity index (χ3n) is 3.52. The monoisotopic (exact) mass is 237 g/mol. The molecule has 0 spiro atoms. The predicted octanol–water partition coefficient (Wildman–Crippen LogP) is 3.10. The number of anilines is 1. The van der Waals surface area contributed by atoms with Gasteiger partial charge in [0, 0.05) is 30.3 Å². The number of carbonyl (C=O) groups is 1. The Kier molecular flexibility index (Phi) is 2.85. The standard InChI is InChI=1S/C16H15NO/c18-12-13-5-4-8-16(9-13)17-10-15(11-17)14-6-2-1-3-7-14/h1-9,12,15H,10-11H2. The molecule has 18 heavy (non-hydrogen) atoms. The van der Waals surface area contributed by atoms with Crippen LogP contribution < -0.4 is 4.90 Å². The van der Waals surface area contributed by atoms with Crippen LogP contribution in [0.1, 0.15) is 21.8 Å². The Balaban J connectivity index is 1.70. The highest BCUT2D eigenvalue weighted by molar-refractivity contribution is 5.77. The first kappa shape index (κ1) is 11.0. The summed E-state index contributed by atoms with van der Waals surface area (Å²) in [5.74, 6) is 0.617. The molecule has 0 N–H and O–H groups in total. The fourth-order valence-electron chi connectivity index (χ4n) is 2.42. The van der Waals surface area contributed by atoms with Gasteiger partial charge in [0.1, 0.15) is 6.29 Å². The fraction of sp³-hybridized carbons (Fsp3) is 0.188. The van der Waals surface area contributed by atoms with Crippen molar-refractivity contribution in [3.8, 4) is 0 Å². The third-order valence-corrected chi connectivity index (χ3v) is 3.52. The van der Waals surface area contributed by atoms with Crippen LogP contribution in [0.4, 0.5) is 5.69 Å². The molecule has 3 rings (SSSR count). The van der Waals surface area contributed by atoms with Gasteiger partial charge in [-0.2, -0.15) is 0 Å². The van der Waals surface area contributed by atoms with E-state index in [1.54, 1.807) is 0 Å². The number of nitrogens with zero attached hydrogens (tertiary/aromatic N) is 1. The highest BCUT2D eigenvalue weighted by Crippen LogP contribution is 2.31. The lowest BCUT2D eigenvalue weighted by Crippen LogP contribution is -2.45. The number of aldehydes is 1. The molecular weight excluding hydrogens is 222 g/mol. The summed E-state index contributed by atoms with van der Waals surface area (Å²) >= 11 is 0. The molecule has 2 heteroatoms. The number of rotatable bonds is 3. The molecule has 0 aromatic heterocycles. The van der Waals surface area contributed by atoms with Gasteiger partial charge < -0.3 is 4.90 Å². The maximum Gasteiger partial charge on any atom is 0.150 e. The van der Waals surface area contributed by atoms with Crippen molar-refractivity contribution in [1.29, 1.82) is 0 Å². The van der Waals surface area contributed by atoms with Crippen LogP contribution in [-0.4, -0.2) is 19.4 Å². The van der Waals surface area contributed by atoms with Gasteiger partial charge >= 0.3 is 0 Å². The molecule has 0 amide bonds. The largest absolute Gasteiger partial charge is 0.370 e. The molecule has 0 saturated carbocycles. The van der Waals surface area contributed by atoms with Crippen molar-refractivity contribution >= 4 is 12.0 Å². The first-order chi connectivity index (χ1) is 8.86. The maximum atomic E-state index is 10.8. The van der Waals surface area contributed by atoms with Crippen molar-refractivity contribution in [3.63, 3.8) is 0 Å². The van der Waals surface area contributed by atoms with Crippen LogP contribution in [0.3, 0.4) is 0 Å². The van der Waals surface area contributed by atoms with Gasteiger partial charge in [-0.15, -0.1) is 0 Å². The molecule has 1 aliphatic heterocycles. The lowest BCUT2D eigenvalue weighted by molar-refractivity contribution is 0.112. The van der Waals surface area contributed by atoms with Crippen LogP contribution in [0.5, 0.6) is 0 Å². The van der Waals surface area contributed by atoms with Crippen LogP contribution >= 0.6 is 0 Å². The van der Waals surface area contributed by atoms with Gasteiger partial charge in [-0.1, -0.05) is 42.5 Å².